The van der Waals surface area contributed by atoms with Gasteiger partial charge in [-0.1, -0.05) is 41.9 Å². The van der Waals surface area contributed by atoms with Crippen molar-refractivity contribution in [3.8, 4) is 0 Å². The van der Waals surface area contributed by atoms with E-state index in [4.69, 9.17) is 16.3 Å². The van der Waals surface area contributed by atoms with Crippen molar-refractivity contribution in [1.82, 2.24) is 4.98 Å². The summed E-state index contributed by atoms with van der Waals surface area (Å²) in [5.41, 5.74) is 0.518. The predicted molar refractivity (Wildman–Crippen MR) is 87.2 cm³/mol. The molecule has 2 aromatic rings. The van der Waals surface area contributed by atoms with E-state index in [-0.39, 0.29) is 29.4 Å². The number of rotatable bonds is 5. The van der Waals surface area contributed by atoms with Gasteiger partial charge in [-0.15, -0.1) is 0 Å². The van der Waals surface area contributed by atoms with Crippen molar-refractivity contribution in [3.63, 3.8) is 0 Å². The quantitative estimate of drug-likeness (QED) is 0.674. The second-order valence-electron chi connectivity index (χ2n) is 4.93. The highest BCUT2D eigenvalue weighted by Gasteiger charge is 2.22. The normalized spacial score (nSPS) is 10.4. The highest BCUT2D eigenvalue weighted by atomic mass is 35.5. The van der Waals surface area contributed by atoms with Crippen LogP contribution in [0.4, 0.5) is 0 Å². The van der Waals surface area contributed by atoms with Crippen molar-refractivity contribution in [2.75, 3.05) is 6.61 Å². The van der Waals surface area contributed by atoms with Crippen molar-refractivity contribution >= 4 is 23.4 Å². The van der Waals surface area contributed by atoms with Gasteiger partial charge < -0.3 is 9.72 Å². The number of aromatic amines is 1. The number of aryl methyl sites for hydroxylation is 1. The molecule has 0 unspecified atom stereocenters. The van der Waals surface area contributed by atoms with Crippen LogP contribution < -0.4 is 5.56 Å². The van der Waals surface area contributed by atoms with Gasteiger partial charge in [-0.2, -0.15) is 0 Å². The van der Waals surface area contributed by atoms with E-state index in [0.717, 1.165) is 0 Å². The number of nitrogens with one attached hydrogen (secondary N) is 1. The lowest BCUT2D eigenvalue weighted by Crippen LogP contribution is -2.23. The Morgan fingerprint density at radius 2 is 1.87 bits per heavy atom. The van der Waals surface area contributed by atoms with Gasteiger partial charge in [0, 0.05) is 17.7 Å². The van der Waals surface area contributed by atoms with Crippen LogP contribution in [0.15, 0.2) is 35.1 Å². The topological polar surface area (TPSA) is 76.2 Å². The standard InChI is InChI=1S/C17H16ClNO4/c1-3-23-17(22)14-15(18)12(10(2)19-16(14)21)9-13(20)11-7-5-4-6-8-11/h4-8H,3,9H2,1-2H3,(H,19,21). The van der Waals surface area contributed by atoms with Gasteiger partial charge in [0.2, 0.25) is 0 Å². The summed E-state index contributed by atoms with van der Waals surface area (Å²) in [6.07, 6.45) is -0.0160. The fraction of sp³-hybridized carbons (Fsp3) is 0.235. The number of H-pyrrole nitrogens is 1. The van der Waals surface area contributed by atoms with Crippen LogP contribution in [0, 0.1) is 6.92 Å². The minimum atomic E-state index is -0.799. The molecule has 0 aliphatic heterocycles. The molecular weight excluding hydrogens is 318 g/mol. The fourth-order valence-corrected chi connectivity index (χ4v) is 2.58. The van der Waals surface area contributed by atoms with Crippen LogP contribution in [0.1, 0.15) is 38.9 Å². The molecular formula is C17H16ClNO4. The van der Waals surface area contributed by atoms with E-state index in [1.165, 1.54) is 0 Å². The summed E-state index contributed by atoms with van der Waals surface area (Å²) in [5, 5.41) is -0.0334. The number of Topliss-reactive ketones (excluding diaryl/α,β-unsaturated/α-hetero) is 1. The number of hydrogen-bond acceptors (Lipinski definition) is 4. The monoisotopic (exact) mass is 333 g/mol. The van der Waals surface area contributed by atoms with Gasteiger partial charge in [0.15, 0.2) is 5.78 Å². The summed E-state index contributed by atoms with van der Waals surface area (Å²) in [6, 6.07) is 8.73. The van der Waals surface area contributed by atoms with Gasteiger partial charge in [-0.25, -0.2) is 4.79 Å². The van der Waals surface area contributed by atoms with Crippen molar-refractivity contribution in [2.45, 2.75) is 20.3 Å². The summed E-state index contributed by atoms with van der Waals surface area (Å²) in [6.45, 7) is 3.39. The van der Waals surface area contributed by atoms with Gasteiger partial charge in [0.1, 0.15) is 5.56 Å². The number of benzene rings is 1. The Hall–Kier alpha value is -2.40. The Kier molecular flexibility index (Phi) is 5.34. The van der Waals surface area contributed by atoms with E-state index < -0.39 is 11.5 Å². The number of carbonyl (C=O) groups is 2. The zero-order valence-electron chi connectivity index (χ0n) is 12.8. The number of hydrogen-bond donors (Lipinski definition) is 1. The number of ether oxygens (including phenoxy) is 1. The third kappa shape index (κ3) is 3.68. The van der Waals surface area contributed by atoms with Crippen molar-refractivity contribution in [1.29, 1.82) is 0 Å². The number of esters is 1. The molecule has 0 saturated heterocycles. The first-order chi connectivity index (χ1) is 11.0. The van der Waals surface area contributed by atoms with E-state index >= 15 is 0 Å². The van der Waals surface area contributed by atoms with Gasteiger partial charge in [0.25, 0.3) is 5.56 Å². The highest BCUT2D eigenvalue weighted by molar-refractivity contribution is 6.34. The van der Waals surface area contributed by atoms with E-state index in [0.29, 0.717) is 16.8 Å². The Morgan fingerprint density at radius 3 is 2.48 bits per heavy atom. The lowest BCUT2D eigenvalue weighted by atomic mass is 10.0. The molecule has 1 heterocycles. The van der Waals surface area contributed by atoms with Gasteiger partial charge in [0.05, 0.1) is 11.6 Å². The zero-order valence-corrected chi connectivity index (χ0v) is 13.6. The van der Waals surface area contributed by atoms with Crippen LogP contribution in [0.5, 0.6) is 0 Å². The molecule has 120 valence electrons. The average molecular weight is 334 g/mol. The minimum absolute atomic E-state index is 0.0160. The smallest absolute Gasteiger partial charge is 0.345 e. The van der Waals surface area contributed by atoms with E-state index in [1.807, 2.05) is 6.07 Å². The molecule has 0 bridgehead atoms. The fourth-order valence-electron chi connectivity index (χ4n) is 2.21. The van der Waals surface area contributed by atoms with Crippen LogP contribution in [-0.2, 0) is 11.2 Å². The maximum absolute atomic E-state index is 12.3. The lowest BCUT2D eigenvalue weighted by Gasteiger charge is -2.11. The van der Waals surface area contributed by atoms with Crippen molar-refractivity contribution in [2.24, 2.45) is 0 Å². The third-order valence-corrected chi connectivity index (χ3v) is 3.79. The molecule has 0 fully saturated rings. The Labute approximate surface area is 138 Å². The van der Waals surface area contributed by atoms with Crippen LogP contribution in [0.25, 0.3) is 0 Å². The summed E-state index contributed by atoms with van der Waals surface area (Å²) < 4.78 is 4.85. The van der Waals surface area contributed by atoms with Crippen molar-refractivity contribution in [3.05, 3.63) is 68.1 Å². The zero-order chi connectivity index (χ0) is 17.0. The summed E-state index contributed by atoms with van der Waals surface area (Å²) in [4.78, 5) is 38.7. The number of carbonyl (C=O) groups excluding carboxylic acids is 2. The molecule has 0 amide bonds. The van der Waals surface area contributed by atoms with Crippen LogP contribution in [0.3, 0.4) is 0 Å². The largest absolute Gasteiger partial charge is 0.462 e. The predicted octanol–water partition coefficient (Wildman–Crippen LogP) is 2.94. The van der Waals surface area contributed by atoms with Gasteiger partial charge in [-0.05, 0) is 19.4 Å². The molecule has 6 heteroatoms. The first kappa shape index (κ1) is 17.0. The van der Waals surface area contributed by atoms with Crippen LogP contribution in [-0.4, -0.2) is 23.3 Å². The number of halogens is 1. The molecule has 1 N–H and O–H groups in total. The Bertz CT molecular complexity index is 796. The minimum Gasteiger partial charge on any atom is -0.462 e. The molecule has 0 aliphatic rings. The van der Waals surface area contributed by atoms with Crippen LogP contribution in [0.2, 0.25) is 5.02 Å². The SMILES string of the molecule is CCOC(=O)c1c(Cl)c(CC(=O)c2ccccc2)c(C)[nH]c1=O. The molecule has 0 atom stereocenters. The summed E-state index contributed by atoms with van der Waals surface area (Å²) in [7, 11) is 0. The van der Waals surface area contributed by atoms with Crippen molar-refractivity contribution < 1.29 is 14.3 Å². The molecule has 0 saturated carbocycles. The number of pyridine rings is 1. The molecule has 5 nitrogen and oxygen atoms in total. The van der Waals surface area contributed by atoms with E-state index in [2.05, 4.69) is 4.98 Å². The van der Waals surface area contributed by atoms with Gasteiger partial charge in [-0.3, -0.25) is 9.59 Å². The van der Waals surface area contributed by atoms with E-state index in [9.17, 15) is 14.4 Å². The average Bonchev–Trinajstić information content (AvgIpc) is 2.52. The Morgan fingerprint density at radius 1 is 1.22 bits per heavy atom. The molecule has 2 rings (SSSR count). The second kappa shape index (κ2) is 7.24. The first-order valence-corrected chi connectivity index (χ1v) is 7.50. The number of ketones is 1. The highest BCUT2D eigenvalue weighted by Crippen LogP contribution is 2.23. The third-order valence-electron chi connectivity index (χ3n) is 3.38. The van der Waals surface area contributed by atoms with E-state index in [1.54, 1.807) is 38.1 Å². The van der Waals surface area contributed by atoms with Crippen LogP contribution >= 0.6 is 11.6 Å². The second-order valence-corrected chi connectivity index (χ2v) is 5.31. The molecule has 0 aliphatic carbocycles. The molecule has 1 aromatic carbocycles. The van der Waals surface area contributed by atoms with Gasteiger partial charge >= 0.3 is 5.97 Å². The molecule has 1 aromatic heterocycles. The lowest BCUT2D eigenvalue weighted by molar-refractivity contribution is 0.0524. The maximum Gasteiger partial charge on any atom is 0.345 e. The number of aromatic nitrogens is 1. The molecule has 0 radical (unpaired) electrons. The summed E-state index contributed by atoms with van der Waals surface area (Å²) in [5.74, 6) is -0.954. The first-order valence-electron chi connectivity index (χ1n) is 7.12. The maximum atomic E-state index is 12.3. The summed E-state index contributed by atoms with van der Waals surface area (Å²) >= 11 is 6.21. The molecule has 0 spiro atoms. The Balaban J connectivity index is 2.43. The molecule has 23 heavy (non-hydrogen) atoms.